The summed E-state index contributed by atoms with van der Waals surface area (Å²) < 4.78 is 32.3. The van der Waals surface area contributed by atoms with Gasteiger partial charge in [-0.2, -0.15) is 35.3 Å². The summed E-state index contributed by atoms with van der Waals surface area (Å²) in [5.74, 6) is 2.52. The van der Waals surface area contributed by atoms with E-state index in [2.05, 4.69) is 37.9 Å². The molecule has 76 heavy (non-hydrogen) atoms. The number of ether oxygens (including phenoxy) is 6. The van der Waals surface area contributed by atoms with E-state index in [0.29, 0.717) is 57.3 Å². The summed E-state index contributed by atoms with van der Waals surface area (Å²) in [7, 11) is 0. The first-order valence-electron chi connectivity index (χ1n) is 29.7. The van der Waals surface area contributed by atoms with E-state index in [1.54, 1.807) is 35.3 Å². The van der Waals surface area contributed by atoms with Gasteiger partial charge in [0.2, 0.25) is 0 Å². The van der Waals surface area contributed by atoms with Crippen molar-refractivity contribution in [1.29, 1.82) is 0 Å². The van der Waals surface area contributed by atoms with Crippen LogP contribution in [0.3, 0.4) is 0 Å². The number of nitrogens with one attached hydrogen (secondary N) is 1. The molecule has 15 nitrogen and oxygen atoms in total. The highest BCUT2D eigenvalue weighted by molar-refractivity contribution is 7.99. The van der Waals surface area contributed by atoms with Crippen LogP contribution in [0.25, 0.3) is 0 Å². The molecule has 3 atom stereocenters. The van der Waals surface area contributed by atoms with Gasteiger partial charge in [-0.25, -0.2) is 0 Å². The number of thioether (sulfide) groups is 3. The number of hydrogen-bond donors (Lipinski definition) is 1. The van der Waals surface area contributed by atoms with E-state index in [1.807, 2.05) is 25.7 Å². The third kappa shape index (κ3) is 47.7. The van der Waals surface area contributed by atoms with Gasteiger partial charge in [0.05, 0.1) is 37.0 Å². The summed E-state index contributed by atoms with van der Waals surface area (Å²) in [5.41, 5.74) is 0. The molecule has 0 spiro atoms. The molecule has 1 N–H and O–H groups in total. The van der Waals surface area contributed by atoms with Gasteiger partial charge in [-0.1, -0.05) is 145 Å². The average molecular weight is 1140 g/mol. The maximum absolute atomic E-state index is 12.8. The molecule has 0 radical (unpaired) electrons. The molecule has 0 saturated carbocycles. The highest BCUT2D eigenvalue weighted by Crippen LogP contribution is 2.17. The van der Waals surface area contributed by atoms with Crippen LogP contribution < -0.4 is 5.32 Å². The van der Waals surface area contributed by atoms with Gasteiger partial charge in [0.1, 0.15) is 39.6 Å². The summed E-state index contributed by atoms with van der Waals surface area (Å²) in [6.45, 7) is 18.9. The van der Waals surface area contributed by atoms with Gasteiger partial charge in [-0.05, 0) is 49.5 Å². The highest BCUT2D eigenvalue weighted by Gasteiger charge is 2.19. The van der Waals surface area contributed by atoms with Crippen LogP contribution in [0.5, 0.6) is 0 Å². The zero-order valence-electron chi connectivity index (χ0n) is 48.9. The predicted octanol–water partition coefficient (Wildman–Crippen LogP) is 11.2. The second kappa shape index (κ2) is 54.7. The SMILES string of the molecule is CCCCCCCCSCC(C)C(=O)OCCOC(=O)CCN(CCC)CCNCCN(CCC(=O)OCCOC(=O)C(C)CSCCCCCCCC)CCC(=O)OCCOC(=O)C(C)CSCCCCCCCC. The number of rotatable bonds is 56. The Hall–Kier alpha value is -2.25. The molecule has 446 valence electrons. The van der Waals surface area contributed by atoms with E-state index >= 15 is 0 Å². The lowest BCUT2D eigenvalue weighted by atomic mass is 10.1. The molecule has 0 aromatic rings. The quantitative estimate of drug-likeness (QED) is 0.0345. The molecule has 3 unspecified atom stereocenters. The Labute approximate surface area is 475 Å². The van der Waals surface area contributed by atoms with Gasteiger partial charge in [0.25, 0.3) is 0 Å². The second-order valence-corrected chi connectivity index (χ2v) is 23.5. The van der Waals surface area contributed by atoms with Crippen molar-refractivity contribution in [2.45, 2.75) is 190 Å². The van der Waals surface area contributed by atoms with Crippen molar-refractivity contribution in [3.8, 4) is 0 Å². The molecule has 0 heterocycles. The van der Waals surface area contributed by atoms with Gasteiger partial charge in [0, 0.05) is 63.1 Å². The van der Waals surface area contributed by atoms with Crippen LogP contribution in [-0.2, 0) is 57.2 Å². The number of unbranched alkanes of at least 4 members (excludes halogenated alkanes) is 15. The zero-order valence-corrected chi connectivity index (χ0v) is 51.4. The fourth-order valence-corrected chi connectivity index (χ4v) is 11.0. The number of carbonyl (C=O) groups excluding carboxylic acids is 6. The largest absolute Gasteiger partial charge is 0.462 e. The third-order valence-electron chi connectivity index (χ3n) is 12.7. The summed E-state index contributed by atoms with van der Waals surface area (Å²) in [5, 5.41) is 3.45. The van der Waals surface area contributed by atoms with Crippen molar-refractivity contribution < 1.29 is 57.2 Å². The molecular weight excluding hydrogens is 1030 g/mol. The Morgan fingerprint density at radius 3 is 0.934 bits per heavy atom. The Balaban J connectivity index is 4.84. The Kier molecular flexibility index (Phi) is 53.1. The predicted molar refractivity (Wildman–Crippen MR) is 315 cm³/mol. The van der Waals surface area contributed by atoms with Gasteiger partial charge < -0.3 is 43.5 Å². The number of esters is 6. The smallest absolute Gasteiger partial charge is 0.309 e. The number of nitrogens with zero attached hydrogens (tertiary/aromatic N) is 2. The minimum absolute atomic E-state index is 0.00536. The molecule has 0 amide bonds. The van der Waals surface area contributed by atoms with Gasteiger partial charge in [0.15, 0.2) is 0 Å². The van der Waals surface area contributed by atoms with E-state index in [-0.39, 0.29) is 101 Å². The molecule has 0 aliphatic carbocycles. The van der Waals surface area contributed by atoms with Crippen molar-refractivity contribution in [1.82, 2.24) is 15.1 Å². The lowest BCUT2D eigenvalue weighted by Gasteiger charge is -2.23. The molecule has 0 aromatic carbocycles. The van der Waals surface area contributed by atoms with Gasteiger partial charge in [-0.15, -0.1) is 0 Å². The van der Waals surface area contributed by atoms with Gasteiger partial charge >= 0.3 is 35.8 Å². The molecule has 0 rings (SSSR count). The summed E-state index contributed by atoms with van der Waals surface area (Å²) >= 11 is 5.34. The normalized spacial score (nSPS) is 12.6. The fraction of sp³-hybridized carbons (Fsp3) is 0.897. The first-order chi connectivity index (χ1) is 36.9. The highest BCUT2D eigenvalue weighted by atomic mass is 32.2. The van der Waals surface area contributed by atoms with Crippen LogP contribution in [0.4, 0.5) is 0 Å². The van der Waals surface area contributed by atoms with E-state index in [1.165, 1.54) is 103 Å². The minimum atomic E-state index is -0.427. The Bertz CT molecular complexity index is 1370. The van der Waals surface area contributed by atoms with Crippen LogP contribution in [0.2, 0.25) is 0 Å². The van der Waals surface area contributed by atoms with Crippen LogP contribution in [0.15, 0.2) is 0 Å². The second-order valence-electron chi connectivity index (χ2n) is 20.1. The standard InChI is InChI=1S/C58H109N3O12S3/c1-8-12-15-18-21-24-44-74-47-50(5)56(65)71-41-38-68-53(62)27-33-60(32-11-4)36-30-59-31-37-61(34-28-54(63)69-39-42-72-57(66)51(6)48-75-45-25-22-19-16-13-9-2)35-29-55(64)70-40-43-73-58(67)52(7)49-76-46-26-23-20-17-14-10-3/h50-52,59H,8-49H2,1-7H3. The monoisotopic (exact) mass is 1140 g/mol. The zero-order chi connectivity index (χ0) is 56.1. The molecule has 0 aromatic heterocycles. The van der Waals surface area contributed by atoms with E-state index in [0.717, 1.165) is 48.8 Å². The minimum Gasteiger partial charge on any atom is -0.462 e. The first-order valence-corrected chi connectivity index (χ1v) is 33.2. The molecule has 0 aliphatic heterocycles. The summed E-state index contributed by atoms with van der Waals surface area (Å²) in [6, 6.07) is 0. The van der Waals surface area contributed by atoms with Crippen LogP contribution in [0, 0.1) is 17.8 Å². The fourth-order valence-electron chi connectivity index (χ4n) is 7.81. The average Bonchev–Trinajstić information content (AvgIpc) is 3.41. The van der Waals surface area contributed by atoms with Crippen LogP contribution >= 0.6 is 35.3 Å². The first kappa shape index (κ1) is 73.8. The topological polar surface area (TPSA) is 176 Å². The molecule has 0 aliphatic rings. The lowest BCUT2D eigenvalue weighted by molar-refractivity contribution is -0.154. The molecule has 0 saturated heterocycles. The maximum atomic E-state index is 12.8. The Morgan fingerprint density at radius 2 is 0.632 bits per heavy atom. The molecular formula is C58H109N3O12S3. The van der Waals surface area contributed by atoms with Crippen molar-refractivity contribution >= 4 is 71.1 Å². The summed E-state index contributed by atoms with van der Waals surface area (Å²) in [4.78, 5) is 79.8. The van der Waals surface area contributed by atoms with E-state index < -0.39 is 11.9 Å². The Morgan fingerprint density at radius 1 is 0.355 bits per heavy atom. The van der Waals surface area contributed by atoms with Crippen molar-refractivity contribution in [3.05, 3.63) is 0 Å². The van der Waals surface area contributed by atoms with Crippen LogP contribution in [-0.4, -0.2) is 172 Å². The number of hydrogen-bond acceptors (Lipinski definition) is 18. The lowest BCUT2D eigenvalue weighted by Crippen LogP contribution is -2.39. The van der Waals surface area contributed by atoms with E-state index in [4.69, 9.17) is 28.4 Å². The van der Waals surface area contributed by atoms with Crippen molar-refractivity contribution in [3.63, 3.8) is 0 Å². The van der Waals surface area contributed by atoms with Crippen LogP contribution in [0.1, 0.15) is 190 Å². The molecule has 18 heteroatoms. The van der Waals surface area contributed by atoms with Crippen molar-refractivity contribution in [2.75, 3.05) is 127 Å². The molecule has 0 fully saturated rings. The number of carbonyl (C=O) groups is 6. The third-order valence-corrected chi connectivity index (χ3v) is 16.6. The maximum Gasteiger partial charge on any atom is 0.309 e. The van der Waals surface area contributed by atoms with E-state index in [9.17, 15) is 28.8 Å². The summed E-state index contributed by atoms with van der Waals surface area (Å²) in [6.07, 6.45) is 23.7. The van der Waals surface area contributed by atoms with Gasteiger partial charge in [-0.3, -0.25) is 28.8 Å². The molecule has 0 bridgehead atoms. The van der Waals surface area contributed by atoms with Crippen molar-refractivity contribution in [2.24, 2.45) is 17.8 Å².